The molecule has 0 atom stereocenters. The Bertz CT molecular complexity index is 570. The molecule has 0 spiro atoms. The van der Waals surface area contributed by atoms with E-state index in [0.717, 1.165) is 0 Å². The summed E-state index contributed by atoms with van der Waals surface area (Å²) in [6, 6.07) is 0. The summed E-state index contributed by atoms with van der Waals surface area (Å²) in [5.41, 5.74) is 3.77. The van der Waals surface area contributed by atoms with Crippen LogP contribution in [-0.4, -0.2) is 17.0 Å². The van der Waals surface area contributed by atoms with Gasteiger partial charge < -0.3 is 0 Å². The zero-order chi connectivity index (χ0) is 19.8. The summed E-state index contributed by atoms with van der Waals surface area (Å²) in [6.45, 7) is 0. The third-order valence-electron chi connectivity index (χ3n) is 13.6. The summed E-state index contributed by atoms with van der Waals surface area (Å²) >= 11 is 0. The molecule has 31 heavy (non-hydrogen) atoms. The summed E-state index contributed by atoms with van der Waals surface area (Å²) in [5, 5.41) is 0. The average Bonchev–Trinajstić information content (AvgIpc) is 2.71. The number of rotatable bonds is 3. The zero-order valence-corrected chi connectivity index (χ0v) is 20.6. The van der Waals surface area contributed by atoms with Crippen LogP contribution in [0.5, 0.6) is 0 Å². The molecule has 0 amide bonds. The standard InChI is InChI=1S/C30H45P/c1-16-4-22-6-17(1)7-23(5-16)28(22)31(29-24-8-18-2-19(10-24)11-25(29)9-18)30-26-12-20-3-21(14-26)15-27(30)13-20/h16-30H,1-15H2. The molecule has 0 saturated heterocycles. The van der Waals surface area contributed by atoms with Gasteiger partial charge in [-0.15, -0.1) is 0 Å². The van der Waals surface area contributed by atoms with Gasteiger partial charge in [0.2, 0.25) is 0 Å². The molecule has 0 aromatic carbocycles. The smallest absolute Gasteiger partial charge is 0.0147 e. The second-order valence-corrected chi connectivity index (χ2v) is 17.9. The Hall–Kier alpha value is 0.430. The Kier molecular flexibility index (Phi) is 3.96. The largest absolute Gasteiger partial charge is 0.0955 e. The van der Waals surface area contributed by atoms with E-state index < -0.39 is 0 Å². The molecule has 0 aliphatic heterocycles. The normalized spacial score (nSPS) is 65.6. The molecule has 12 rings (SSSR count). The molecule has 12 aliphatic rings. The first-order valence-electron chi connectivity index (χ1n) is 15.0. The van der Waals surface area contributed by atoms with Gasteiger partial charge in [0.1, 0.15) is 0 Å². The predicted octanol–water partition coefficient (Wildman–Crippen LogP) is 7.94. The van der Waals surface area contributed by atoms with Gasteiger partial charge in [0, 0.05) is 0 Å². The lowest BCUT2D eigenvalue weighted by molar-refractivity contribution is 0.00139. The van der Waals surface area contributed by atoms with Crippen molar-refractivity contribution in [3.05, 3.63) is 0 Å². The van der Waals surface area contributed by atoms with Crippen LogP contribution in [0.1, 0.15) is 96.3 Å². The lowest BCUT2D eigenvalue weighted by atomic mass is 9.55. The van der Waals surface area contributed by atoms with Gasteiger partial charge in [0.15, 0.2) is 0 Å². The van der Waals surface area contributed by atoms with Gasteiger partial charge in [-0.25, -0.2) is 0 Å². The van der Waals surface area contributed by atoms with Crippen molar-refractivity contribution in [3.8, 4) is 0 Å². The van der Waals surface area contributed by atoms with Crippen molar-refractivity contribution in [2.45, 2.75) is 113 Å². The first-order chi connectivity index (χ1) is 15.2. The quantitative estimate of drug-likeness (QED) is 0.394. The molecule has 1 heteroatoms. The van der Waals surface area contributed by atoms with Crippen molar-refractivity contribution < 1.29 is 0 Å². The summed E-state index contributed by atoms with van der Waals surface area (Å²) in [6.07, 6.45) is 25.2. The minimum atomic E-state index is 0.290. The Morgan fingerprint density at radius 3 is 0.645 bits per heavy atom. The topological polar surface area (TPSA) is 0 Å². The number of hydrogen-bond donors (Lipinski definition) is 0. The molecule has 12 fully saturated rings. The van der Waals surface area contributed by atoms with Crippen LogP contribution in [0.3, 0.4) is 0 Å². The average molecular weight is 437 g/mol. The van der Waals surface area contributed by atoms with E-state index >= 15 is 0 Å². The Morgan fingerprint density at radius 1 is 0.258 bits per heavy atom. The molecule has 0 N–H and O–H groups in total. The Labute approximate surface area is 192 Å². The number of hydrogen-bond acceptors (Lipinski definition) is 0. The van der Waals surface area contributed by atoms with Crippen molar-refractivity contribution >= 4 is 7.92 Å². The van der Waals surface area contributed by atoms with Gasteiger partial charge >= 0.3 is 0 Å². The fourth-order valence-electron chi connectivity index (χ4n) is 13.7. The van der Waals surface area contributed by atoms with Crippen molar-refractivity contribution in [3.63, 3.8) is 0 Å². The Morgan fingerprint density at radius 2 is 0.452 bits per heavy atom. The van der Waals surface area contributed by atoms with Gasteiger partial charge in [-0.1, -0.05) is 7.92 Å². The molecule has 170 valence electrons. The molecule has 0 heterocycles. The maximum Gasteiger partial charge on any atom is -0.0147 e. The van der Waals surface area contributed by atoms with E-state index in [-0.39, 0.29) is 7.92 Å². The zero-order valence-electron chi connectivity index (χ0n) is 19.7. The maximum atomic E-state index is 1.69. The van der Waals surface area contributed by atoms with E-state index in [9.17, 15) is 0 Å². The second kappa shape index (κ2) is 6.55. The van der Waals surface area contributed by atoms with E-state index in [1.807, 2.05) is 0 Å². The van der Waals surface area contributed by atoms with Gasteiger partial charge in [-0.05, 0) is 184 Å². The lowest BCUT2D eigenvalue weighted by Crippen LogP contribution is -2.57. The van der Waals surface area contributed by atoms with Crippen LogP contribution >= 0.6 is 7.92 Å². The molecule has 0 aromatic rings. The fraction of sp³-hybridized carbons (Fsp3) is 1.00. The third kappa shape index (κ3) is 2.65. The first-order valence-corrected chi connectivity index (χ1v) is 16.6. The molecule has 12 saturated carbocycles. The van der Waals surface area contributed by atoms with E-state index in [4.69, 9.17) is 0 Å². The summed E-state index contributed by atoms with van der Waals surface area (Å²) in [5.74, 6) is 14.3. The Balaban J connectivity index is 1.14. The molecule has 0 unspecified atom stereocenters. The predicted molar refractivity (Wildman–Crippen MR) is 129 cm³/mol. The molecular formula is C30H45P. The monoisotopic (exact) mass is 436 g/mol. The van der Waals surface area contributed by atoms with Crippen LogP contribution in [-0.2, 0) is 0 Å². The van der Waals surface area contributed by atoms with Crippen molar-refractivity contribution in [1.29, 1.82) is 0 Å². The van der Waals surface area contributed by atoms with Crippen LogP contribution in [0.2, 0.25) is 0 Å². The van der Waals surface area contributed by atoms with Crippen LogP contribution in [0.25, 0.3) is 0 Å². The maximum absolute atomic E-state index is 1.69. The molecule has 0 nitrogen and oxygen atoms in total. The first kappa shape index (κ1) is 18.7. The van der Waals surface area contributed by atoms with Gasteiger partial charge in [-0.3, -0.25) is 0 Å². The highest BCUT2D eigenvalue weighted by atomic mass is 31.1. The SMILES string of the molecule is C1C2CC3CC1CC(C2)C3P(C1C2CC3CC(C2)CC1C3)C1C2CC3CC(C2)CC1C3. The van der Waals surface area contributed by atoms with Crippen molar-refractivity contribution in [2.75, 3.05) is 0 Å². The van der Waals surface area contributed by atoms with E-state index in [0.29, 0.717) is 0 Å². The van der Waals surface area contributed by atoms with Crippen LogP contribution < -0.4 is 0 Å². The van der Waals surface area contributed by atoms with Gasteiger partial charge in [0.25, 0.3) is 0 Å². The molecule has 0 aromatic heterocycles. The van der Waals surface area contributed by atoms with Crippen LogP contribution in [0, 0.1) is 71.0 Å². The minimum Gasteiger partial charge on any atom is -0.0955 e. The summed E-state index contributed by atoms with van der Waals surface area (Å²) in [7, 11) is 0.290. The molecule has 12 bridgehead atoms. The summed E-state index contributed by atoms with van der Waals surface area (Å²) < 4.78 is 0. The van der Waals surface area contributed by atoms with Crippen molar-refractivity contribution in [2.24, 2.45) is 71.0 Å². The van der Waals surface area contributed by atoms with E-state index in [1.165, 1.54) is 88.0 Å². The highest BCUT2D eigenvalue weighted by molar-refractivity contribution is 7.60. The minimum absolute atomic E-state index is 0.290. The fourth-order valence-corrected chi connectivity index (χ4v) is 19.3. The van der Waals surface area contributed by atoms with Crippen LogP contribution in [0.15, 0.2) is 0 Å². The molecular weight excluding hydrogens is 391 g/mol. The third-order valence-corrected chi connectivity index (χ3v) is 18.2. The van der Waals surface area contributed by atoms with E-state index in [1.54, 1.807) is 96.3 Å². The highest BCUT2D eigenvalue weighted by Gasteiger charge is 2.61. The van der Waals surface area contributed by atoms with E-state index in [2.05, 4.69) is 0 Å². The lowest BCUT2D eigenvalue weighted by Gasteiger charge is -2.67. The van der Waals surface area contributed by atoms with Crippen LogP contribution in [0.4, 0.5) is 0 Å². The van der Waals surface area contributed by atoms with Crippen molar-refractivity contribution in [1.82, 2.24) is 0 Å². The molecule has 0 radical (unpaired) electrons. The summed E-state index contributed by atoms with van der Waals surface area (Å²) in [4.78, 5) is 0. The second-order valence-electron chi connectivity index (χ2n) is 15.2. The van der Waals surface area contributed by atoms with Gasteiger partial charge in [-0.2, -0.15) is 0 Å². The van der Waals surface area contributed by atoms with Gasteiger partial charge in [0.05, 0.1) is 0 Å². The highest BCUT2D eigenvalue weighted by Crippen LogP contribution is 2.76. The molecule has 12 aliphatic carbocycles.